The fraction of sp³-hybridized carbons (Fsp3) is 0.333. The third kappa shape index (κ3) is 3.88. The molecule has 0 spiro atoms. The molecular weight excluding hydrogens is 188 g/mol. The van der Waals surface area contributed by atoms with E-state index >= 15 is 0 Å². The lowest BCUT2D eigenvalue weighted by molar-refractivity contribution is 0.143. The van der Waals surface area contributed by atoms with Gasteiger partial charge in [-0.25, -0.2) is 9.97 Å². The molecular formula is C9H9ClN2O. The Morgan fingerprint density at radius 1 is 1.46 bits per heavy atom. The third-order valence-corrected chi connectivity index (χ3v) is 1.34. The summed E-state index contributed by atoms with van der Waals surface area (Å²) in [5, 5.41) is 9.64. The van der Waals surface area contributed by atoms with E-state index in [1.807, 2.05) is 0 Å². The Morgan fingerprint density at radius 2 is 2.15 bits per heavy atom. The first kappa shape index (κ1) is 9.97. The van der Waals surface area contributed by atoms with Crippen LogP contribution in [0.4, 0.5) is 0 Å². The van der Waals surface area contributed by atoms with Crippen molar-refractivity contribution < 1.29 is 5.11 Å². The molecule has 0 fully saturated rings. The molecule has 0 saturated heterocycles. The molecule has 0 radical (unpaired) electrons. The van der Waals surface area contributed by atoms with Gasteiger partial charge in [-0.2, -0.15) is 0 Å². The molecule has 4 heteroatoms. The van der Waals surface area contributed by atoms with Gasteiger partial charge in [0.1, 0.15) is 22.8 Å². The fourth-order valence-corrected chi connectivity index (χ4v) is 0.766. The predicted octanol–water partition coefficient (Wildman–Crippen LogP) is 1.25. The Hall–Kier alpha value is -1.11. The monoisotopic (exact) mass is 196 g/mol. The van der Waals surface area contributed by atoms with E-state index in [-0.39, 0.29) is 0 Å². The molecule has 1 aromatic heterocycles. The van der Waals surface area contributed by atoms with Crippen molar-refractivity contribution in [2.75, 3.05) is 0 Å². The average molecular weight is 197 g/mol. The molecule has 0 bridgehead atoms. The molecule has 1 rings (SSSR count). The number of hydrogen-bond donors (Lipinski definition) is 1. The van der Waals surface area contributed by atoms with Gasteiger partial charge in [0.05, 0.1) is 0 Å². The van der Waals surface area contributed by atoms with E-state index in [1.54, 1.807) is 19.9 Å². The van der Waals surface area contributed by atoms with E-state index in [0.717, 1.165) is 0 Å². The van der Waals surface area contributed by atoms with Crippen molar-refractivity contribution in [3.05, 3.63) is 23.2 Å². The highest BCUT2D eigenvalue weighted by atomic mass is 35.5. The van der Waals surface area contributed by atoms with Crippen molar-refractivity contribution in [2.45, 2.75) is 19.4 Å². The first-order valence-corrected chi connectivity index (χ1v) is 4.08. The van der Waals surface area contributed by atoms with E-state index in [4.69, 9.17) is 11.6 Å². The zero-order valence-corrected chi connectivity index (χ0v) is 8.13. The van der Waals surface area contributed by atoms with Crippen molar-refractivity contribution in [3.63, 3.8) is 0 Å². The number of halogens is 1. The van der Waals surface area contributed by atoms with Crippen molar-refractivity contribution in [2.24, 2.45) is 0 Å². The van der Waals surface area contributed by atoms with Gasteiger partial charge < -0.3 is 5.11 Å². The summed E-state index contributed by atoms with van der Waals surface area (Å²) in [5.41, 5.74) is -0.514. The van der Waals surface area contributed by atoms with E-state index in [2.05, 4.69) is 21.8 Å². The largest absolute Gasteiger partial charge is 0.378 e. The Morgan fingerprint density at radius 3 is 2.69 bits per heavy atom. The van der Waals surface area contributed by atoms with Crippen LogP contribution >= 0.6 is 11.6 Å². The molecule has 1 heterocycles. The average Bonchev–Trinajstić information content (AvgIpc) is 2.00. The highest BCUT2D eigenvalue weighted by Crippen LogP contribution is 2.03. The molecule has 13 heavy (non-hydrogen) atoms. The van der Waals surface area contributed by atoms with Crippen LogP contribution in [0, 0.1) is 11.8 Å². The maximum Gasteiger partial charge on any atom is 0.133 e. The molecule has 3 nitrogen and oxygen atoms in total. The molecule has 0 saturated carbocycles. The second-order valence-electron chi connectivity index (χ2n) is 3.03. The van der Waals surface area contributed by atoms with Gasteiger partial charge in [0.15, 0.2) is 0 Å². The van der Waals surface area contributed by atoms with Crippen LogP contribution in [-0.2, 0) is 0 Å². The predicted molar refractivity (Wildman–Crippen MR) is 50.2 cm³/mol. The molecule has 0 amide bonds. The minimum atomic E-state index is -1.02. The minimum absolute atomic E-state index is 0.343. The molecule has 1 N–H and O–H groups in total. The van der Waals surface area contributed by atoms with Gasteiger partial charge in [0.25, 0.3) is 0 Å². The molecule has 0 aliphatic rings. The fourth-order valence-electron chi connectivity index (χ4n) is 0.619. The van der Waals surface area contributed by atoms with Crippen molar-refractivity contribution >= 4 is 11.6 Å². The summed E-state index contributed by atoms with van der Waals surface area (Å²) in [4.78, 5) is 7.57. The van der Waals surface area contributed by atoms with Gasteiger partial charge in [0.2, 0.25) is 0 Å². The summed E-state index contributed by atoms with van der Waals surface area (Å²) in [6, 6.07) is 1.54. The van der Waals surface area contributed by atoms with Crippen LogP contribution in [0.2, 0.25) is 5.15 Å². The second-order valence-corrected chi connectivity index (χ2v) is 3.42. The minimum Gasteiger partial charge on any atom is -0.378 e. The maximum atomic E-state index is 9.30. The summed E-state index contributed by atoms with van der Waals surface area (Å²) in [7, 11) is 0. The second kappa shape index (κ2) is 3.73. The number of rotatable bonds is 0. The van der Waals surface area contributed by atoms with Crippen LogP contribution in [0.5, 0.6) is 0 Å². The van der Waals surface area contributed by atoms with Crippen molar-refractivity contribution in [3.8, 4) is 11.8 Å². The van der Waals surface area contributed by atoms with E-state index in [0.29, 0.717) is 10.8 Å². The summed E-state index contributed by atoms with van der Waals surface area (Å²) in [6.45, 7) is 3.20. The lowest BCUT2D eigenvalue weighted by Crippen LogP contribution is -2.14. The van der Waals surface area contributed by atoms with Gasteiger partial charge in [0, 0.05) is 6.07 Å². The molecule has 0 aliphatic heterocycles. The number of hydrogen-bond acceptors (Lipinski definition) is 3. The molecule has 0 aliphatic carbocycles. The van der Waals surface area contributed by atoms with Crippen LogP contribution in [0.3, 0.4) is 0 Å². The number of nitrogens with zero attached hydrogens (tertiary/aromatic N) is 2. The number of aliphatic hydroxyl groups is 1. The quantitative estimate of drug-likeness (QED) is 0.502. The smallest absolute Gasteiger partial charge is 0.133 e. The summed E-state index contributed by atoms with van der Waals surface area (Å²) in [5.74, 6) is 5.31. The van der Waals surface area contributed by atoms with Gasteiger partial charge in [-0.15, -0.1) is 0 Å². The van der Waals surface area contributed by atoms with Crippen LogP contribution in [0.15, 0.2) is 12.4 Å². The molecule has 0 aromatic carbocycles. The lowest BCUT2D eigenvalue weighted by Gasteiger charge is -2.05. The van der Waals surface area contributed by atoms with Crippen LogP contribution < -0.4 is 0 Å². The third-order valence-electron chi connectivity index (χ3n) is 1.13. The lowest BCUT2D eigenvalue weighted by atomic mass is 10.1. The standard InChI is InChI=1S/C9H9ClN2O/c1-9(2,13)4-3-7-5-8(10)12-6-11-7/h5-6,13H,1-2H3. The zero-order valence-electron chi connectivity index (χ0n) is 7.37. The van der Waals surface area contributed by atoms with E-state index < -0.39 is 5.60 Å². The zero-order chi connectivity index (χ0) is 9.90. The van der Waals surface area contributed by atoms with Gasteiger partial charge in [-0.3, -0.25) is 0 Å². The molecule has 0 unspecified atom stereocenters. The van der Waals surface area contributed by atoms with Gasteiger partial charge in [-0.05, 0) is 19.8 Å². The number of aromatic nitrogens is 2. The Labute approximate surface area is 81.8 Å². The summed E-state index contributed by atoms with van der Waals surface area (Å²) in [6.07, 6.45) is 1.33. The Balaban J connectivity index is 2.90. The molecule has 68 valence electrons. The highest BCUT2D eigenvalue weighted by molar-refractivity contribution is 6.29. The topological polar surface area (TPSA) is 46.0 Å². The van der Waals surface area contributed by atoms with Crippen LogP contribution in [0.25, 0.3) is 0 Å². The first-order chi connectivity index (χ1) is 5.97. The first-order valence-electron chi connectivity index (χ1n) is 3.70. The molecule has 1 aromatic rings. The summed E-state index contributed by atoms with van der Waals surface area (Å²) >= 11 is 5.61. The Bertz CT molecular complexity index is 360. The highest BCUT2D eigenvalue weighted by Gasteiger charge is 2.05. The van der Waals surface area contributed by atoms with E-state index in [9.17, 15) is 5.11 Å². The Kier molecular flexibility index (Phi) is 2.86. The van der Waals surface area contributed by atoms with Crippen LogP contribution in [0.1, 0.15) is 19.5 Å². The SMILES string of the molecule is CC(C)(O)C#Cc1cc(Cl)ncn1. The van der Waals surface area contributed by atoms with Crippen molar-refractivity contribution in [1.82, 2.24) is 9.97 Å². The van der Waals surface area contributed by atoms with Gasteiger partial charge >= 0.3 is 0 Å². The maximum absolute atomic E-state index is 9.30. The van der Waals surface area contributed by atoms with Crippen LogP contribution in [-0.4, -0.2) is 20.7 Å². The van der Waals surface area contributed by atoms with Gasteiger partial charge in [-0.1, -0.05) is 17.5 Å². The summed E-state index contributed by atoms with van der Waals surface area (Å²) < 4.78 is 0. The van der Waals surface area contributed by atoms with E-state index in [1.165, 1.54) is 6.33 Å². The molecule has 0 atom stereocenters. The normalized spacial score (nSPS) is 10.5. The van der Waals surface area contributed by atoms with Crippen molar-refractivity contribution in [1.29, 1.82) is 0 Å².